The first kappa shape index (κ1) is 18.8. The van der Waals surface area contributed by atoms with Gasteiger partial charge in [-0.2, -0.15) is 5.10 Å². The molecule has 1 fully saturated rings. The summed E-state index contributed by atoms with van der Waals surface area (Å²) in [4.78, 5) is 13.7. The van der Waals surface area contributed by atoms with Gasteiger partial charge in [0.05, 0.1) is 11.2 Å². The van der Waals surface area contributed by atoms with Crippen molar-refractivity contribution >= 4 is 24.5 Å². The SMILES string of the molecule is CN(C(=O)OC(C)(C)C)c1nn(C)cc1B1OC(C)(C)C(C)(C)O1. The minimum atomic E-state index is -0.594. The topological polar surface area (TPSA) is 65.8 Å². The fourth-order valence-corrected chi connectivity index (χ4v) is 2.31. The Morgan fingerprint density at radius 2 is 1.75 bits per heavy atom. The second kappa shape index (κ2) is 5.77. The Bertz CT molecular complexity index is 618. The number of hydrogen-bond donors (Lipinski definition) is 0. The molecule has 0 aromatic carbocycles. The van der Waals surface area contributed by atoms with E-state index in [1.54, 1.807) is 25.0 Å². The lowest BCUT2D eigenvalue weighted by atomic mass is 9.80. The molecule has 1 aliphatic heterocycles. The molecule has 1 amide bonds. The molecule has 24 heavy (non-hydrogen) atoms. The maximum atomic E-state index is 12.4. The molecule has 0 spiro atoms. The number of hydrogen-bond acceptors (Lipinski definition) is 5. The van der Waals surface area contributed by atoms with Crippen molar-refractivity contribution in [2.75, 3.05) is 11.9 Å². The molecule has 0 saturated carbocycles. The summed E-state index contributed by atoms with van der Waals surface area (Å²) in [6, 6.07) is 0. The van der Waals surface area contributed by atoms with Crippen molar-refractivity contribution in [3.05, 3.63) is 6.20 Å². The van der Waals surface area contributed by atoms with E-state index in [4.69, 9.17) is 14.0 Å². The molecule has 0 N–H and O–H groups in total. The molecule has 1 aromatic rings. The average molecular weight is 337 g/mol. The summed E-state index contributed by atoms with van der Waals surface area (Å²) in [6.07, 6.45) is 1.33. The summed E-state index contributed by atoms with van der Waals surface area (Å²) < 4.78 is 19.2. The normalized spacial score (nSPS) is 19.5. The molecular formula is C16H28BN3O4. The maximum Gasteiger partial charge on any atom is 0.500 e. The summed E-state index contributed by atoms with van der Waals surface area (Å²) in [5, 5.41) is 4.38. The minimum Gasteiger partial charge on any atom is -0.443 e. The van der Waals surface area contributed by atoms with E-state index in [2.05, 4.69) is 5.10 Å². The molecule has 0 radical (unpaired) electrons. The number of anilines is 1. The molecular weight excluding hydrogens is 309 g/mol. The summed E-state index contributed by atoms with van der Waals surface area (Å²) >= 11 is 0. The van der Waals surface area contributed by atoms with Gasteiger partial charge in [-0.15, -0.1) is 0 Å². The van der Waals surface area contributed by atoms with Gasteiger partial charge in [0.15, 0.2) is 5.82 Å². The molecule has 0 aliphatic carbocycles. The van der Waals surface area contributed by atoms with Crippen LogP contribution in [0.3, 0.4) is 0 Å². The van der Waals surface area contributed by atoms with E-state index < -0.39 is 30.0 Å². The number of ether oxygens (including phenoxy) is 1. The van der Waals surface area contributed by atoms with Gasteiger partial charge in [-0.25, -0.2) is 4.79 Å². The van der Waals surface area contributed by atoms with Crippen molar-refractivity contribution in [3.63, 3.8) is 0 Å². The van der Waals surface area contributed by atoms with Gasteiger partial charge in [0.2, 0.25) is 0 Å². The molecule has 134 valence electrons. The zero-order valence-electron chi connectivity index (χ0n) is 16.1. The van der Waals surface area contributed by atoms with Crippen LogP contribution in [0.4, 0.5) is 10.6 Å². The van der Waals surface area contributed by atoms with Crippen LogP contribution in [0.15, 0.2) is 6.20 Å². The molecule has 7 nitrogen and oxygen atoms in total. The average Bonchev–Trinajstić information content (AvgIpc) is 2.85. The lowest BCUT2D eigenvalue weighted by Gasteiger charge is -2.32. The Balaban J connectivity index is 2.30. The highest BCUT2D eigenvalue weighted by molar-refractivity contribution is 6.63. The highest BCUT2D eigenvalue weighted by Crippen LogP contribution is 2.37. The Hall–Kier alpha value is -1.54. The van der Waals surface area contributed by atoms with Crippen molar-refractivity contribution in [2.24, 2.45) is 7.05 Å². The smallest absolute Gasteiger partial charge is 0.443 e. The van der Waals surface area contributed by atoms with E-state index in [-0.39, 0.29) is 0 Å². The second-order valence-corrected chi connectivity index (χ2v) is 8.21. The number of carbonyl (C=O) groups excluding carboxylic acids is 1. The summed E-state index contributed by atoms with van der Waals surface area (Å²) in [5.74, 6) is 0.463. The lowest BCUT2D eigenvalue weighted by molar-refractivity contribution is 0.00578. The lowest BCUT2D eigenvalue weighted by Crippen LogP contribution is -2.41. The third-order valence-corrected chi connectivity index (χ3v) is 4.33. The van der Waals surface area contributed by atoms with E-state index >= 15 is 0 Å². The number of carbonyl (C=O) groups is 1. The minimum absolute atomic E-state index is 0.463. The van der Waals surface area contributed by atoms with Crippen LogP contribution >= 0.6 is 0 Å². The molecule has 0 unspecified atom stereocenters. The number of rotatable bonds is 2. The Kier molecular flexibility index (Phi) is 4.52. The third-order valence-electron chi connectivity index (χ3n) is 4.33. The van der Waals surface area contributed by atoms with Crippen molar-refractivity contribution in [1.29, 1.82) is 0 Å². The maximum absolute atomic E-state index is 12.4. The van der Waals surface area contributed by atoms with Crippen LogP contribution < -0.4 is 10.4 Å². The van der Waals surface area contributed by atoms with Crippen LogP contribution in [0.25, 0.3) is 0 Å². The molecule has 8 heteroatoms. The van der Waals surface area contributed by atoms with Crippen LogP contribution in [0.1, 0.15) is 48.5 Å². The summed E-state index contributed by atoms with van der Waals surface area (Å²) in [5.41, 5.74) is -0.806. The molecule has 0 atom stereocenters. The first-order valence-corrected chi connectivity index (χ1v) is 8.09. The molecule has 2 rings (SSSR count). The van der Waals surface area contributed by atoms with Crippen LogP contribution in [0, 0.1) is 0 Å². The van der Waals surface area contributed by atoms with Gasteiger partial charge in [0, 0.05) is 25.8 Å². The van der Waals surface area contributed by atoms with E-state index in [1.165, 1.54) is 4.90 Å². The zero-order valence-corrected chi connectivity index (χ0v) is 16.1. The first-order valence-electron chi connectivity index (χ1n) is 8.09. The molecule has 1 aliphatic rings. The standard InChI is InChI=1S/C16H28BN3O4/c1-14(2,3)22-13(21)20(9)12-11(10-19(8)18-12)17-23-15(4,5)16(6,7)24-17/h10H,1-9H3. The fourth-order valence-electron chi connectivity index (χ4n) is 2.31. The van der Waals surface area contributed by atoms with Gasteiger partial charge in [-0.1, -0.05) is 0 Å². The van der Waals surface area contributed by atoms with Gasteiger partial charge in [-0.3, -0.25) is 9.58 Å². The van der Waals surface area contributed by atoms with Gasteiger partial charge in [0.25, 0.3) is 0 Å². The first-order chi connectivity index (χ1) is 10.7. The van der Waals surface area contributed by atoms with E-state index in [0.717, 1.165) is 0 Å². The summed E-state index contributed by atoms with van der Waals surface area (Å²) in [6.45, 7) is 13.4. The Labute approximate surface area is 144 Å². The Morgan fingerprint density at radius 1 is 1.25 bits per heavy atom. The molecule has 1 saturated heterocycles. The van der Waals surface area contributed by atoms with Crippen LogP contribution in [-0.4, -0.2) is 46.8 Å². The highest BCUT2D eigenvalue weighted by atomic mass is 16.7. The van der Waals surface area contributed by atoms with Gasteiger partial charge < -0.3 is 14.0 Å². The van der Waals surface area contributed by atoms with E-state index in [1.807, 2.05) is 48.5 Å². The number of nitrogens with zero attached hydrogens (tertiary/aromatic N) is 3. The van der Waals surface area contributed by atoms with Crippen LogP contribution in [0.5, 0.6) is 0 Å². The molecule has 1 aromatic heterocycles. The summed E-state index contributed by atoms with van der Waals surface area (Å²) in [7, 11) is 2.83. The van der Waals surface area contributed by atoms with E-state index in [0.29, 0.717) is 11.3 Å². The number of amides is 1. The van der Waals surface area contributed by atoms with Crippen molar-refractivity contribution in [3.8, 4) is 0 Å². The largest absolute Gasteiger partial charge is 0.500 e. The highest BCUT2D eigenvalue weighted by Gasteiger charge is 2.53. The predicted octanol–water partition coefficient (Wildman–Crippen LogP) is 2.09. The third kappa shape index (κ3) is 3.59. The predicted molar refractivity (Wildman–Crippen MR) is 93.6 cm³/mol. The van der Waals surface area contributed by atoms with Gasteiger partial charge in [0.1, 0.15) is 5.60 Å². The molecule has 0 bridgehead atoms. The zero-order chi connectivity index (χ0) is 18.5. The second-order valence-electron chi connectivity index (χ2n) is 8.21. The van der Waals surface area contributed by atoms with Crippen LogP contribution in [0.2, 0.25) is 0 Å². The van der Waals surface area contributed by atoms with Gasteiger partial charge >= 0.3 is 13.2 Å². The van der Waals surface area contributed by atoms with Crippen molar-refractivity contribution < 1.29 is 18.8 Å². The number of aryl methyl sites for hydroxylation is 1. The van der Waals surface area contributed by atoms with Crippen molar-refractivity contribution in [1.82, 2.24) is 9.78 Å². The van der Waals surface area contributed by atoms with E-state index in [9.17, 15) is 4.79 Å². The number of aromatic nitrogens is 2. The molecule has 2 heterocycles. The van der Waals surface area contributed by atoms with Crippen LogP contribution in [-0.2, 0) is 21.1 Å². The monoisotopic (exact) mass is 337 g/mol. The van der Waals surface area contributed by atoms with Gasteiger partial charge in [-0.05, 0) is 48.5 Å². The van der Waals surface area contributed by atoms with Crippen molar-refractivity contribution in [2.45, 2.75) is 65.3 Å². The Morgan fingerprint density at radius 3 is 2.21 bits per heavy atom. The quantitative estimate of drug-likeness (QED) is 0.773. The fraction of sp³-hybridized carbons (Fsp3) is 0.750.